The van der Waals surface area contributed by atoms with Gasteiger partial charge in [-0.2, -0.15) is 0 Å². The SMILES string of the molecule is CCOCCOc1ccc(PC(=O)c2c(C)cccc2C)cc1.[LiH]. The summed E-state index contributed by atoms with van der Waals surface area (Å²) in [6.45, 7) is 7.76. The molecule has 0 spiro atoms. The first-order valence-corrected chi connectivity index (χ1v) is 8.80. The molecule has 0 amide bonds. The van der Waals surface area contributed by atoms with Crippen LogP contribution in [0.25, 0.3) is 0 Å². The minimum atomic E-state index is 0. The minimum absolute atomic E-state index is 0. The molecule has 2 rings (SSSR count). The van der Waals surface area contributed by atoms with Gasteiger partial charge < -0.3 is 9.47 Å². The summed E-state index contributed by atoms with van der Waals surface area (Å²) in [4.78, 5) is 12.5. The second-order valence-electron chi connectivity index (χ2n) is 5.29. The normalized spacial score (nSPS) is 10.6. The van der Waals surface area contributed by atoms with Crippen molar-refractivity contribution in [1.29, 1.82) is 0 Å². The molecule has 3 nitrogen and oxygen atoms in total. The van der Waals surface area contributed by atoms with Gasteiger partial charge in [-0.15, -0.1) is 0 Å². The van der Waals surface area contributed by atoms with E-state index in [2.05, 4.69) is 0 Å². The molecule has 124 valence electrons. The van der Waals surface area contributed by atoms with Crippen molar-refractivity contribution in [2.75, 3.05) is 19.8 Å². The topological polar surface area (TPSA) is 35.5 Å². The van der Waals surface area contributed by atoms with Gasteiger partial charge in [-0.05, 0) is 57.9 Å². The van der Waals surface area contributed by atoms with Crippen molar-refractivity contribution in [2.45, 2.75) is 20.8 Å². The van der Waals surface area contributed by atoms with Crippen molar-refractivity contribution in [2.24, 2.45) is 0 Å². The fourth-order valence-electron chi connectivity index (χ4n) is 2.36. The van der Waals surface area contributed by atoms with E-state index in [4.69, 9.17) is 9.47 Å². The molecule has 2 aromatic rings. The van der Waals surface area contributed by atoms with E-state index < -0.39 is 0 Å². The van der Waals surface area contributed by atoms with Gasteiger partial charge in [-0.25, -0.2) is 0 Å². The van der Waals surface area contributed by atoms with Crippen molar-refractivity contribution in [3.8, 4) is 5.75 Å². The zero-order chi connectivity index (χ0) is 16.7. The van der Waals surface area contributed by atoms with Crippen LogP contribution in [0, 0.1) is 13.8 Å². The van der Waals surface area contributed by atoms with Crippen LogP contribution >= 0.6 is 8.58 Å². The molecule has 1 unspecified atom stereocenters. The van der Waals surface area contributed by atoms with E-state index in [0.717, 1.165) is 27.7 Å². The van der Waals surface area contributed by atoms with E-state index in [9.17, 15) is 4.79 Å². The van der Waals surface area contributed by atoms with Crippen LogP contribution in [0.2, 0.25) is 0 Å². The first kappa shape index (κ1) is 20.9. The Morgan fingerprint density at radius 1 is 1.00 bits per heavy atom. The summed E-state index contributed by atoms with van der Waals surface area (Å²) in [6, 6.07) is 13.7. The maximum absolute atomic E-state index is 12.5. The Labute approximate surface area is 158 Å². The van der Waals surface area contributed by atoms with Crippen LogP contribution in [0.4, 0.5) is 0 Å². The van der Waals surface area contributed by atoms with Gasteiger partial charge in [-0.3, -0.25) is 4.79 Å². The molecule has 0 fully saturated rings. The van der Waals surface area contributed by atoms with E-state index in [1.807, 2.05) is 63.2 Å². The van der Waals surface area contributed by atoms with Crippen LogP contribution in [0.5, 0.6) is 5.75 Å². The number of hydrogen-bond acceptors (Lipinski definition) is 3. The molecule has 0 aliphatic heterocycles. The number of carbonyl (C=O) groups excluding carboxylic acids is 1. The van der Waals surface area contributed by atoms with E-state index in [0.29, 0.717) is 19.8 Å². The molecule has 0 radical (unpaired) electrons. The third kappa shape index (κ3) is 6.08. The average Bonchev–Trinajstić information content (AvgIpc) is 2.53. The molecule has 0 saturated heterocycles. The second kappa shape index (κ2) is 10.7. The molecule has 0 heterocycles. The number of aryl methyl sites for hydroxylation is 2. The van der Waals surface area contributed by atoms with Gasteiger partial charge in [0, 0.05) is 12.2 Å². The quantitative estimate of drug-likeness (QED) is 0.421. The zero-order valence-electron chi connectivity index (χ0n) is 13.9. The standard InChI is InChI=1S/C19H23O3P.Li.H/c1-4-21-12-13-22-16-8-10-17(11-9-16)23-19(20)18-14(2)6-5-7-15(18)3;;/h5-11,23H,4,12-13H2,1-3H3;;. The summed E-state index contributed by atoms with van der Waals surface area (Å²) < 4.78 is 10.8. The Bertz CT molecular complexity index is 636. The molecule has 5 heteroatoms. The molecule has 24 heavy (non-hydrogen) atoms. The maximum atomic E-state index is 12.5. The van der Waals surface area contributed by atoms with Crippen LogP contribution in [-0.4, -0.2) is 44.2 Å². The average molecular weight is 338 g/mol. The first-order valence-electron chi connectivity index (χ1n) is 7.80. The van der Waals surface area contributed by atoms with Crippen LogP contribution in [-0.2, 0) is 4.74 Å². The third-order valence-corrected chi connectivity index (χ3v) is 4.62. The van der Waals surface area contributed by atoms with E-state index in [1.165, 1.54) is 0 Å². The Hall–Kier alpha value is -1.10. The molecule has 0 aromatic heterocycles. The van der Waals surface area contributed by atoms with Crippen molar-refractivity contribution in [1.82, 2.24) is 0 Å². The number of carbonyl (C=O) groups is 1. The van der Waals surface area contributed by atoms with Gasteiger partial charge in [0.1, 0.15) is 12.4 Å². The fourth-order valence-corrected chi connectivity index (χ4v) is 3.48. The van der Waals surface area contributed by atoms with Crippen molar-refractivity contribution in [3.63, 3.8) is 0 Å². The van der Waals surface area contributed by atoms with Crippen LogP contribution < -0.4 is 10.0 Å². The van der Waals surface area contributed by atoms with Crippen LogP contribution in [0.1, 0.15) is 28.4 Å². The van der Waals surface area contributed by atoms with Crippen molar-refractivity contribution >= 4 is 38.3 Å². The number of ether oxygens (including phenoxy) is 2. The van der Waals surface area contributed by atoms with Gasteiger partial charge in [0.25, 0.3) is 0 Å². The Kier molecular flexibility index (Phi) is 9.33. The van der Waals surface area contributed by atoms with Gasteiger partial charge in [0.2, 0.25) is 0 Å². The Morgan fingerprint density at radius 2 is 1.62 bits per heavy atom. The summed E-state index contributed by atoms with van der Waals surface area (Å²) in [6.07, 6.45) is 0. The Balaban J connectivity index is 0.00000288. The van der Waals surface area contributed by atoms with E-state index in [1.54, 1.807) is 0 Å². The van der Waals surface area contributed by atoms with E-state index >= 15 is 0 Å². The Morgan fingerprint density at radius 3 is 2.21 bits per heavy atom. The summed E-state index contributed by atoms with van der Waals surface area (Å²) in [5, 5.41) is 1.02. The third-order valence-electron chi connectivity index (χ3n) is 3.52. The van der Waals surface area contributed by atoms with Crippen LogP contribution in [0.15, 0.2) is 42.5 Å². The van der Waals surface area contributed by atoms with Gasteiger partial charge in [0.15, 0.2) is 5.52 Å². The predicted octanol–water partition coefficient (Wildman–Crippen LogP) is 3.21. The molecule has 1 atom stereocenters. The molecule has 0 aliphatic rings. The predicted molar refractivity (Wildman–Crippen MR) is 104 cm³/mol. The van der Waals surface area contributed by atoms with Crippen molar-refractivity contribution < 1.29 is 14.3 Å². The monoisotopic (exact) mass is 338 g/mol. The molecule has 0 aliphatic carbocycles. The number of hydrogen-bond donors (Lipinski definition) is 0. The molecule has 0 saturated carbocycles. The second-order valence-corrected chi connectivity index (χ2v) is 6.57. The van der Waals surface area contributed by atoms with E-state index in [-0.39, 0.29) is 33.0 Å². The van der Waals surface area contributed by atoms with Gasteiger partial charge >= 0.3 is 18.9 Å². The summed E-state index contributed by atoms with van der Waals surface area (Å²) in [5.74, 6) is 0.803. The van der Waals surface area contributed by atoms with Gasteiger partial charge in [-0.1, -0.05) is 30.3 Å². The number of rotatable bonds is 8. The summed E-state index contributed by atoms with van der Waals surface area (Å²) in [5.41, 5.74) is 3.12. The molecule has 2 aromatic carbocycles. The fraction of sp³-hybridized carbons (Fsp3) is 0.316. The number of benzene rings is 2. The first-order chi connectivity index (χ1) is 11.1. The van der Waals surface area contributed by atoms with Gasteiger partial charge in [0.05, 0.1) is 6.61 Å². The molecule has 0 N–H and O–H groups in total. The molecular formula is C19H24LiO3P. The summed E-state index contributed by atoms with van der Waals surface area (Å²) >= 11 is 0. The summed E-state index contributed by atoms with van der Waals surface area (Å²) in [7, 11) is 0.128. The molecular weight excluding hydrogens is 314 g/mol. The van der Waals surface area contributed by atoms with Crippen molar-refractivity contribution in [3.05, 3.63) is 59.2 Å². The molecule has 0 bridgehead atoms. The van der Waals surface area contributed by atoms with Crippen LogP contribution in [0.3, 0.4) is 0 Å². The zero-order valence-corrected chi connectivity index (χ0v) is 14.9.